The average Bonchev–Trinajstić information content (AvgIpc) is 3.45. The van der Waals surface area contributed by atoms with Crippen LogP contribution in [-0.2, 0) is 4.74 Å². The van der Waals surface area contributed by atoms with Gasteiger partial charge < -0.3 is 19.2 Å². The summed E-state index contributed by atoms with van der Waals surface area (Å²) in [5, 5.41) is 2.92. The van der Waals surface area contributed by atoms with Crippen molar-refractivity contribution in [3.8, 4) is 5.75 Å². The number of carbonyl (C=O) groups is 1. The third kappa shape index (κ3) is 4.94. The first kappa shape index (κ1) is 20.7. The lowest BCUT2D eigenvalue weighted by Gasteiger charge is -2.38. The van der Waals surface area contributed by atoms with Gasteiger partial charge in [0.25, 0.3) is 5.91 Å². The van der Waals surface area contributed by atoms with E-state index in [2.05, 4.69) is 28.4 Å². The summed E-state index contributed by atoms with van der Waals surface area (Å²) < 4.78 is 16.9. The summed E-state index contributed by atoms with van der Waals surface area (Å²) in [7, 11) is 1.70. The molecule has 2 aliphatic rings. The van der Waals surface area contributed by atoms with Crippen LogP contribution in [0.15, 0.2) is 53.2 Å². The van der Waals surface area contributed by atoms with Crippen molar-refractivity contribution in [3.63, 3.8) is 0 Å². The maximum atomic E-state index is 12.0. The summed E-state index contributed by atoms with van der Waals surface area (Å²) in [6, 6.07) is 11.4. The van der Waals surface area contributed by atoms with Crippen molar-refractivity contribution in [1.29, 1.82) is 0 Å². The standard InChI is InChI=1S/C24H30N2O4/c1-28-21-8-3-2-6-19(21)7-4-14-26-15-12-24(13-16-26)11-10-20(30-24)18-25-23(27)22-9-5-17-29-22/h2-9,17,20H,10-16,18H2,1H3,(H,25,27)/b7-4+. The SMILES string of the molecule is COc1ccccc1/C=C/CN1CCC2(CCC(CNC(=O)c3ccco3)O2)CC1. The monoisotopic (exact) mass is 410 g/mol. The molecule has 2 saturated heterocycles. The molecule has 1 aromatic heterocycles. The van der Waals surface area contributed by atoms with Crippen molar-refractivity contribution in [2.75, 3.05) is 33.3 Å². The van der Waals surface area contributed by atoms with Gasteiger partial charge in [0.2, 0.25) is 0 Å². The van der Waals surface area contributed by atoms with Gasteiger partial charge in [-0.1, -0.05) is 30.4 Å². The van der Waals surface area contributed by atoms with E-state index in [0.29, 0.717) is 12.3 Å². The summed E-state index contributed by atoms with van der Waals surface area (Å²) in [4.78, 5) is 14.5. The van der Waals surface area contributed by atoms with Crippen molar-refractivity contribution < 1.29 is 18.7 Å². The first-order valence-corrected chi connectivity index (χ1v) is 10.7. The highest BCUT2D eigenvalue weighted by molar-refractivity contribution is 5.91. The number of nitrogens with zero attached hydrogens (tertiary/aromatic N) is 1. The molecule has 6 nitrogen and oxygen atoms in total. The highest BCUT2D eigenvalue weighted by atomic mass is 16.5. The fourth-order valence-corrected chi connectivity index (χ4v) is 4.38. The maximum absolute atomic E-state index is 12.0. The Kier molecular flexibility index (Phi) is 6.55. The minimum Gasteiger partial charge on any atom is -0.496 e. The molecule has 0 radical (unpaired) electrons. The van der Waals surface area contributed by atoms with E-state index < -0.39 is 0 Å². The molecule has 0 aliphatic carbocycles. The molecule has 30 heavy (non-hydrogen) atoms. The molecule has 0 saturated carbocycles. The number of benzene rings is 1. The predicted octanol–water partition coefficient (Wildman–Crippen LogP) is 3.75. The zero-order chi connectivity index (χ0) is 20.8. The predicted molar refractivity (Wildman–Crippen MR) is 116 cm³/mol. The van der Waals surface area contributed by atoms with Gasteiger partial charge in [-0.15, -0.1) is 0 Å². The van der Waals surface area contributed by atoms with Crippen LogP contribution < -0.4 is 10.1 Å². The lowest BCUT2D eigenvalue weighted by molar-refractivity contribution is -0.0741. The number of hydrogen-bond acceptors (Lipinski definition) is 5. The van der Waals surface area contributed by atoms with Crippen LogP contribution in [0.4, 0.5) is 0 Å². The molecule has 2 fully saturated rings. The molecule has 0 bridgehead atoms. The van der Waals surface area contributed by atoms with Gasteiger partial charge in [-0.05, 0) is 43.9 Å². The van der Waals surface area contributed by atoms with Crippen molar-refractivity contribution in [2.24, 2.45) is 0 Å². The first-order valence-electron chi connectivity index (χ1n) is 10.7. The number of furan rings is 1. The van der Waals surface area contributed by atoms with Crippen LogP contribution in [0.25, 0.3) is 6.08 Å². The Morgan fingerprint density at radius 1 is 1.23 bits per heavy atom. The van der Waals surface area contributed by atoms with Crippen molar-refractivity contribution >= 4 is 12.0 Å². The van der Waals surface area contributed by atoms with E-state index in [1.54, 1.807) is 19.2 Å². The van der Waals surface area contributed by atoms with E-state index in [-0.39, 0.29) is 17.6 Å². The maximum Gasteiger partial charge on any atom is 0.287 e. The zero-order valence-corrected chi connectivity index (χ0v) is 17.5. The highest BCUT2D eigenvalue weighted by Gasteiger charge is 2.42. The third-order valence-electron chi connectivity index (χ3n) is 6.14. The molecule has 4 rings (SSSR count). The van der Waals surface area contributed by atoms with E-state index in [1.165, 1.54) is 6.26 Å². The van der Waals surface area contributed by atoms with Crippen molar-refractivity contribution in [3.05, 3.63) is 60.1 Å². The Balaban J connectivity index is 1.20. The lowest BCUT2D eigenvalue weighted by atomic mass is 9.88. The number of hydrogen-bond donors (Lipinski definition) is 1. The molecule has 160 valence electrons. The quantitative estimate of drug-likeness (QED) is 0.753. The number of rotatable bonds is 7. The molecule has 1 atom stereocenters. The van der Waals surface area contributed by atoms with Gasteiger partial charge in [0.1, 0.15) is 5.75 Å². The topological polar surface area (TPSA) is 63.9 Å². The van der Waals surface area contributed by atoms with Gasteiger partial charge in [-0.2, -0.15) is 0 Å². The molecule has 2 aliphatic heterocycles. The van der Waals surface area contributed by atoms with Gasteiger partial charge in [-0.25, -0.2) is 0 Å². The van der Waals surface area contributed by atoms with Crippen LogP contribution >= 0.6 is 0 Å². The van der Waals surface area contributed by atoms with Gasteiger partial charge >= 0.3 is 0 Å². The third-order valence-corrected chi connectivity index (χ3v) is 6.14. The van der Waals surface area contributed by atoms with Crippen molar-refractivity contribution in [1.82, 2.24) is 10.2 Å². The number of likely N-dealkylation sites (tertiary alicyclic amines) is 1. The van der Waals surface area contributed by atoms with Crippen molar-refractivity contribution in [2.45, 2.75) is 37.4 Å². The summed E-state index contributed by atoms with van der Waals surface area (Å²) in [5.74, 6) is 1.06. The summed E-state index contributed by atoms with van der Waals surface area (Å²) >= 11 is 0. The van der Waals surface area contributed by atoms with Gasteiger partial charge in [0.15, 0.2) is 5.76 Å². The number of ether oxygens (including phenoxy) is 2. The second-order valence-corrected chi connectivity index (χ2v) is 8.09. The van der Waals surface area contributed by atoms with Crippen LogP contribution in [0, 0.1) is 0 Å². The second-order valence-electron chi connectivity index (χ2n) is 8.09. The number of piperidine rings is 1. The van der Waals surface area contributed by atoms with Crippen LogP contribution in [0.2, 0.25) is 0 Å². The first-order chi connectivity index (χ1) is 14.7. The van der Waals surface area contributed by atoms with E-state index in [4.69, 9.17) is 13.9 Å². The molecular weight excluding hydrogens is 380 g/mol. The molecule has 1 unspecified atom stereocenters. The Morgan fingerprint density at radius 3 is 2.83 bits per heavy atom. The Hall–Kier alpha value is -2.57. The number of para-hydroxylation sites is 1. The molecule has 1 amide bonds. The second kappa shape index (κ2) is 9.49. The number of amides is 1. The normalized spacial score (nSPS) is 21.3. The minimum atomic E-state index is -0.179. The van der Waals surface area contributed by atoms with E-state index in [1.807, 2.05) is 18.2 Å². The Labute approximate surface area is 177 Å². The molecule has 2 aromatic rings. The average molecular weight is 411 g/mol. The molecule has 1 N–H and O–H groups in total. The fraction of sp³-hybridized carbons (Fsp3) is 0.458. The van der Waals surface area contributed by atoms with Crippen LogP contribution in [0.3, 0.4) is 0 Å². The van der Waals surface area contributed by atoms with Gasteiger partial charge in [0, 0.05) is 31.7 Å². The van der Waals surface area contributed by atoms with Crippen LogP contribution in [-0.4, -0.2) is 55.8 Å². The molecule has 6 heteroatoms. The molecular formula is C24H30N2O4. The van der Waals surface area contributed by atoms with Crippen LogP contribution in [0.1, 0.15) is 41.8 Å². The molecule has 1 spiro atoms. The van der Waals surface area contributed by atoms with E-state index >= 15 is 0 Å². The van der Waals surface area contributed by atoms with Gasteiger partial charge in [0.05, 0.1) is 25.1 Å². The number of methoxy groups -OCH3 is 1. The molecule has 1 aromatic carbocycles. The summed E-state index contributed by atoms with van der Waals surface area (Å²) in [5.41, 5.74) is 1.08. The summed E-state index contributed by atoms with van der Waals surface area (Å²) in [6.45, 7) is 3.52. The van der Waals surface area contributed by atoms with E-state index in [0.717, 1.165) is 56.6 Å². The lowest BCUT2D eigenvalue weighted by Crippen LogP contribution is -2.45. The highest BCUT2D eigenvalue weighted by Crippen LogP contribution is 2.38. The largest absolute Gasteiger partial charge is 0.496 e. The zero-order valence-electron chi connectivity index (χ0n) is 17.5. The minimum absolute atomic E-state index is 0.0249. The fourth-order valence-electron chi connectivity index (χ4n) is 4.38. The van der Waals surface area contributed by atoms with E-state index in [9.17, 15) is 4.79 Å². The van der Waals surface area contributed by atoms with Gasteiger partial charge in [-0.3, -0.25) is 9.69 Å². The Morgan fingerprint density at radius 2 is 2.07 bits per heavy atom. The number of carbonyl (C=O) groups excluding carboxylic acids is 1. The Bertz CT molecular complexity index is 854. The smallest absolute Gasteiger partial charge is 0.287 e. The van der Waals surface area contributed by atoms with Crippen LogP contribution in [0.5, 0.6) is 5.75 Å². The molecule has 3 heterocycles. The number of nitrogens with one attached hydrogen (secondary N) is 1. The summed E-state index contributed by atoms with van der Waals surface area (Å²) in [6.07, 6.45) is 10.1.